The smallest absolute Gasteiger partial charge is 0.326 e. The summed E-state index contributed by atoms with van der Waals surface area (Å²) in [6.45, 7) is 2.28. The number of piperidine rings is 1. The molecule has 0 unspecified atom stereocenters. The molecule has 0 spiro atoms. The summed E-state index contributed by atoms with van der Waals surface area (Å²) >= 11 is 0. The lowest BCUT2D eigenvalue weighted by molar-refractivity contribution is -0.137. The van der Waals surface area contributed by atoms with E-state index in [1.807, 2.05) is 23.1 Å². The Morgan fingerprint density at radius 3 is 2.30 bits per heavy atom. The van der Waals surface area contributed by atoms with Crippen LogP contribution < -0.4 is 0 Å². The molecule has 1 aromatic carbocycles. The number of carbonyl (C=O) groups is 3. The van der Waals surface area contributed by atoms with Gasteiger partial charge in [0, 0.05) is 39.8 Å². The lowest BCUT2D eigenvalue weighted by Crippen LogP contribution is -2.47. The van der Waals surface area contributed by atoms with Crippen molar-refractivity contribution >= 4 is 17.8 Å². The average molecular weight is 372 g/mol. The largest absolute Gasteiger partial charge is 0.343 e. The SMILES string of the molecule is CN1C(=O)[C@@H](CC(=O)N2CCC(N(C)Cc3ccccc3)CC2)N(C)C1=O. The van der Waals surface area contributed by atoms with Crippen LogP contribution in [0.15, 0.2) is 30.3 Å². The van der Waals surface area contributed by atoms with Crippen molar-refractivity contribution in [2.45, 2.75) is 37.9 Å². The van der Waals surface area contributed by atoms with E-state index in [0.717, 1.165) is 24.3 Å². The summed E-state index contributed by atoms with van der Waals surface area (Å²) in [7, 11) is 5.16. The van der Waals surface area contributed by atoms with Crippen LogP contribution in [-0.2, 0) is 16.1 Å². The summed E-state index contributed by atoms with van der Waals surface area (Å²) in [6, 6.07) is 9.80. The second-order valence-electron chi connectivity index (χ2n) is 7.52. The Bertz CT molecular complexity index is 700. The number of amides is 4. The van der Waals surface area contributed by atoms with Gasteiger partial charge in [0.25, 0.3) is 5.91 Å². The third kappa shape index (κ3) is 4.13. The van der Waals surface area contributed by atoms with Gasteiger partial charge in [-0.25, -0.2) is 4.79 Å². The molecule has 7 heteroatoms. The molecular weight excluding hydrogens is 344 g/mol. The molecule has 2 saturated heterocycles. The van der Waals surface area contributed by atoms with Gasteiger partial charge in [0.05, 0.1) is 6.42 Å². The fourth-order valence-electron chi connectivity index (χ4n) is 3.93. The molecule has 2 aliphatic heterocycles. The fraction of sp³-hybridized carbons (Fsp3) is 0.550. The van der Waals surface area contributed by atoms with Crippen molar-refractivity contribution in [2.24, 2.45) is 0 Å². The van der Waals surface area contributed by atoms with E-state index in [1.165, 1.54) is 17.5 Å². The average Bonchev–Trinajstić information content (AvgIpc) is 2.86. The topological polar surface area (TPSA) is 64.2 Å². The monoisotopic (exact) mass is 372 g/mol. The van der Waals surface area contributed by atoms with Gasteiger partial charge in [-0.05, 0) is 25.5 Å². The van der Waals surface area contributed by atoms with E-state index in [0.29, 0.717) is 19.1 Å². The molecule has 3 rings (SSSR count). The quantitative estimate of drug-likeness (QED) is 0.733. The normalized spacial score (nSPS) is 21.5. The van der Waals surface area contributed by atoms with E-state index >= 15 is 0 Å². The van der Waals surface area contributed by atoms with Gasteiger partial charge in [-0.2, -0.15) is 0 Å². The lowest BCUT2D eigenvalue weighted by atomic mass is 10.0. The molecule has 1 atom stereocenters. The van der Waals surface area contributed by atoms with Gasteiger partial charge in [-0.1, -0.05) is 30.3 Å². The minimum Gasteiger partial charge on any atom is -0.343 e. The molecule has 0 aliphatic carbocycles. The molecular formula is C20H28N4O3. The van der Waals surface area contributed by atoms with Crippen molar-refractivity contribution in [3.8, 4) is 0 Å². The Morgan fingerprint density at radius 2 is 1.74 bits per heavy atom. The second kappa shape index (κ2) is 8.08. The number of carbonyl (C=O) groups excluding carboxylic acids is 3. The molecule has 2 fully saturated rings. The molecule has 0 N–H and O–H groups in total. The van der Waals surface area contributed by atoms with Crippen molar-refractivity contribution < 1.29 is 14.4 Å². The van der Waals surface area contributed by atoms with Crippen molar-refractivity contribution in [1.29, 1.82) is 0 Å². The minimum absolute atomic E-state index is 0.0486. The van der Waals surface area contributed by atoms with Crippen LogP contribution in [0, 0.1) is 0 Å². The molecule has 0 radical (unpaired) electrons. The molecule has 2 aliphatic rings. The van der Waals surface area contributed by atoms with Crippen LogP contribution in [0.4, 0.5) is 4.79 Å². The van der Waals surface area contributed by atoms with Gasteiger partial charge in [0.2, 0.25) is 5.91 Å². The van der Waals surface area contributed by atoms with E-state index in [4.69, 9.17) is 0 Å². The summed E-state index contributed by atoms with van der Waals surface area (Å²) in [5.41, 5.74) is 1.29. The minimum atomic E-state index is -0.673. The van der Waals surface area contributed by atoms with E-state index in [1.54, 1.807) is 7.05 Å². The van der Waals surface area contributed by atoms with E-state index in [2.05, 4.69) is 24.1 Å². The van der Waals surface area contributed by atoms with Gasteiger partial charge in [-0.15, -0.1) is 0 Å². The maximum atomic E-state index is 12.6. The Labute approximate surface area is 160 Å². The van der Waals surface area contributed by atoms with Crippen molar-refractivity contribution in [3.63, 3.8) is 0 Å². The number of nitrogens with zero attached hydrogens (tertiary/aromatic N) is 4. The highest BCUT2D eigenvalue weighted by Crippen LogP contribution is 2.21. The highest BCUT2D eigenvalue weighted by atomic mass is 16.2. The third-order valence-electron chi connectivity index (χ3n) is 5.76. The molecule has 0 bridgehead atoms. The van der Waals surface area contributed by atoms with Gasteiger partial charge in [0.1, 0.15) is 6.04 Å². The molecule has 27 heavy (non-hydrogen) atoms. The lowest BCUT2D eigenvalue weighted by Gasteiger charge is -2.37. The van der Waals surface area contributed by atoms with Gasteiger partial charge >= 0.3 is 6.03 Å². The number of imide groups is 1. The first kappa shape index (κ1) is 19.4. The molecule has 7 nitrogen and oxygen atoms in total. The van der Waals surface area contributed by atoms with E-state index in [9.17, 15) is 14.4 Å². The number of benzene rings is 1. The van der Waals surface area contributed by atoms with E-state index in [-0.39, 0.29) is 24.3 Å². The van der Waals surface area contributed by atoms with Gasteiger partial charge in [0.15, 0.2) is 0 Å². The Hall–Kier alpha value is -2.41. The van der Waals surface area contributed by atoms with Crippen molar-refractivity contribution in [2.75, 3.05) is 34.2 Å². The molecule has 4 amide bonds. The van der Waals surface area contributed by atoms with Crippen LogP contribution in [0.2, 0.25) is 0 Å². The first-order valence-electron chi connectivity index (χ1n) is 9.44. The first-order chi connectivity index (χ1) is 12.9. The summed E-state index contributed by atoms with van der Waals surface area (Å²) in [5, 5.41) is 0. The van der Waals surface area contributed by atoms with E-state index < -0.39 is 6.04 Å². The van der Waals surface area contributed by atoms with Crippen LogP contribution in [0.1, 0.15) is 24.8 Å². The maximum Gasteiger partial charge on any atom is 0.326 e. The van der Waals surface area contributed by atoms with Gasteiger partial charge in [-0.3, -0.25) is 19.4 Å². The molecule has 1 aromatic rings. The number of hydrogen-bond acceptors (Lipinski definition) is 4. The van der Waals surface area contributed by atoms with Crippen LogP contribution in [-0.4, -0.2) is 83.8 Å². The maximum absolute atomic E-state index is 12.6. The van der Waals surface area contributed by atoms with Crippen molar-refractivity contribution in [1.82, 2.24) is 19.6 Å². The number of likely N-dealkylation sites (N-methyl/N-ethyl adjacent to an activating group) is 2. The van der Waals surface area contributed by atoms with Gasteiger partial charge < -0.3 is 9.80 Å². The molecule has 0 aromatic heterocycles. The van der Waals surface area contributed by atoms with Crippen LogP contribution in [0.3, 0.4) is 0 Å². The summed E-state index contributed by atoms with van der Waals surface area (Å²) in [6.07, 6.45) is 1.90. The van der Waals surface area contributed by atoms with Crippen LogP contribution in [0.5, 0.6) is 0 Å². The zero-order valence-corrected chi connectivity index (χ0v) is 16.3. The molecule has 0 saturated carbocycles. The Kier molecular flexibility index (Phi) is 5.79. The fourth-order valence-corrected chi connectivity index (χ4v) is 3.93. The first-order valence-corrected chi connectivity index (χ1v) is 9.44. The Morgan fingerprint density at radius 1 is 1.11 bits per heavy atom. The second-order valence-corrected chi connectivity index (χ2v) is 7.52. The highest BCUT2D eigenvalue weighted by molar-refractivity contribution is 6.05. The molecule has 146 valence electrons. The number of hydrogen-bond donors (Lipinski definition) is 0. The third-order valence-corrected chi connectivity index (χ3v) is 5.76. The number of urea groups is 1. The molecule has 2 heterocycles. The predicted molar refractivity (Wildman–Crippen MR) is 102 cm³/mol. The Balaban J connectivity index is 1.49. The standard InChI is InChI=1S/C20H28N4O3/c1-21(14-15-7-5-4-6-8-15)16-9-11-24(12-10-16)18(25)13-17-19(26)23(3)20(27)22(17)2/h4-8,16-17H,9-14H2,1-3H3/t17-/m1/s1. The van der Waals surface area contributed by atoms with Crippen molar-refractivity contribution in [3.05, 3.63) is 35.9 Å². The number of likely N-dealkylation sites (tertiary alicyclic amines) is 1. The highest BCUT2D eigenvalue weighted by Gasteiger charge is 2.42. The summed E-state index contributed by atoms with van der Waals surface area (Å²) < 4.78 is 0. The summed E-state index contributed by atoms with van der Waals surface area (Å²) in [5.74, 6) is -0.346. The number of rotatable bonds is 5. The predicted octanol–water partition coefficient (Wildman–Crippen LogP) is 1.39. The summed E-state index contributed by atoms with van der Waals surface area (Å²) in [4.78, 5) is 43.3. The van der Waals surface area contributed by atoms with Crippen LogP contribution in [0.25, 0.3) is 0 Å². The zero-order chi connectivity index (χ0) is 19.6. The van der Waals surface area contributed by atoms with Crippen LogP contribution >= 0.6 is 0 Å². The zero-order valence-electron chi connectivity index (χ0n) is 16.3.